The van der Waals surface area contributed by atoms with Gasteiger partial charge in [0.05, 0.1) is 11.2 Å². The molecule has 0 saturated carbocycles. The molecule has 0 radical (unpaired) electrons. The van der Waals surface area contributed by atoms with Crippen LogP contribution in [0.3, 0.4) is 0 Å². The number of rotatable bonds is 40. The summed E-state index contributed by atoms with van der Waals surface area (Å²) in [6, 6.07) is 0. The summed E-state index contributed by atoms with van der Waals surface area (Å²) >= 11 is 0. The molecule has 1 unspecified atom stereocenters. The highest BCUT2D eigenvalue weighted by atomic mass is 16.6. The van der Waals surface area contributed by atoms with Crippen molar-refractivity contribution in [2.45, 2.75) is 265 Å². The molecule has 1 N–H and O–H groups in total. The fourth-order valence-corrected chi connectivity index (χ4v) is 6.85. The summed E-state index contributed by atoms with van der Waals surface area (Å²) < 4.78 is 18.0. The predicted octanol–water partition coefficient (Wildman–Crippen LogP) is 15.9. The number of carbonyl (C=O) groups excluding carboxylic acids is 1. The topological polar surface area (TPSA) is 56.8 Å². The molecule has 5 nitrogen and oxygen atoms in total. The van der Waals surface area contributed by atoms with Crippen molar-refractivity contribution in [1.82, 2.24) is 5.32 Å². The molecular formula is C49H95NO4. The molecule has 0 bridgehead atoms. The van der Waals surface area contributed by atoms with Crippen LogP contribution in [0.5, 0.6) is 0 Å². The Bertz CT molecular complexity index is 845. The van der Waals surface area contributed by atoms with Crippen LogP contribution >= 0.6 is 0 Å². The minimum Gasteiger partial charge on any atom is -0.446 e. The van der Waals surface area contributed by atoms with Gasteiger partial charge in [-0.3, -0.25) is 0 Å². The Morgan fingerprint density at radius 1 is 0.519 bits per heavy atom. The highest BCUT2D eigenvalue weighted by Crippen LogP contribution is 2.20. The zero-order valence-corrected chi connectivity index (χ0v) is 37.6. The van der Waals surface area contributed by atoms with Crippen LogP contribution in [-0.2, 0) is 14.2 Å². The Morgan fingerprint density at radius 3 is 1.43 bits per heavy atom. The maximum atomic E-state index is 12.8. The van der Waals surface area contributed by atoms with Crippen molar-refractivity contribution < 1.29 is 19.0 Å². The first-order valence-corrected chi connectivity index (χ1v) is 23.6. The van der Waals surface area contributed by atoms with Crippen molar-refractivity contribution in [2.75, 3.05) is 19.8 Å². The van der Waals surface area contributed by atoms with Crippen molar-refractivity contribution in [1.29, 1.82) is 0 Å². The second-order valence-corrected chi connectivity index (χ2v) is 17.7. The average molecular weight is 762 g/mol. The van der Waals surface area contributed by atoms with Gasteiger partial charge in [0.1, 0.15) is 6.10 Å². The molecule has 0 aliphatic heterocycles. The molecule has 5 heteroatoms. The van der Waals surface area contributed by atoms with E-state index in [9.17, 15) is 4.79 Å². The number of allylic oxidation sites excluding steroid dienone is 4. The number of unbranched alkanes of at least 4 members (excludes halogenated alkanes) is 23. The standard InChI is InChI=1S/C49H95NO4/c1-8-10-12-14-16-18-20-22-24-26-28-30-32-34-36-38-41-46(40-37-35-33-31-29-27-25-23-21-19-17-15-13-11-9-2)54-47(51)50-43-39-44-53-49(6,7)42-45-52-48(3,4)5/h17,19,23,25,46H,8-16,18,20-22,24,26-45H2,1-7H3,(H,50,51). The number of carbonyl (C=O) groups is 1. The fourth-order valence-electron chi connectivity index (χ4n) is 6.85. The van der Waals surface area contributed by atoms with E-state index in [0.29, 0.717) is 19.8 Å². The Labute approximate surface area is 338 Å². The van der Waals surface area contributed by atoms with Gasteiger partial charge in [-0.15, -0.1) is 0 Å². The lowest BCUT2D eigenvalue weighted by Crippen LogP contribution is -2.32. The van der Waals surface area contributed by atoms with Gasteiger partial charge in [-0.1, -0.05) is 167 Å². The van der Waals surface area contributed by atoms with Crippen LogP contribution in [0.25, 0.3) is 0 Å². The molecule has 1 amide bonds. The minimum atomic E-state index is -0.267. The molecular weight excluding hydrogens is 667 g/mol. The summed E-state index contributed by atoms with van der Waals surface area (Å²) in [6.45, 7) is 16.9. The third-order valence-corrected chi connectivity index (χ3v) is 10.5. The maximum Gasteiger partial charge on any atom is 0.407 e. The Kier molecular flexibility index (Phi) is 37.6. The zero-order chi connectivity index (χ0) is 39.9. The zero-order valence-electron chi connectivity index (χ0n) is 37.6. The Hall–Kier alpha value is -1.33. The first kappa shape index (κ1) is 52.7. The van der Waals surface area contributed by atoms with Crippen LogP contribution in [0.15, 0.2) is 24.3 Å². The molecule has 0 aromatic heterocycles. The van der Waals surface area contributed by atoms with E-state index >= 15 is 0 Å². The third-order valence-electron chi connectivity index (χ3n) is 10.5. The maximum absolute atomic E-state index is 12.8. The normalized spacial score (nSPS) is 13.0. The second-order valence-electron chi connectivity index (χ2n) is 17.7. The summed E-state index contributed by atoms with van der Waals surface area (Å²) in [5.41, 5.74) is -0.377. The van der Waals surface area contributed by atoms with Crippen molar-refractivity contribution in [3.63, 3.8) is 0 Å². The first-order chi connectivity index (χ1) is 26.1. The van der Waals surface area contributed by atoms with Gasteiger partial charge in [0.25, 0.3) is 0 Å². The second kappa shape index (κ2) is 38.5. The van der Waals surface area contributed by atoms with Gasteiger partial charge in [0.15, 0.2) is 0 Å². The molecule has 0 aliphatic carbocycles. The molecule has 0 saturated heterocycles. The van der Waals surface area contributed by atoms with Crippen molar-refractivity contribution in [3.05, 3.63) is 24.3 Å². The van der Waals surface area contributed by atoms with Gasteiger partial charge in [0, 0.05) is 19.8 Å². The molecule has 0 rings (SSSR count). The summed E-state index contributed by atoms with van der Waals surface area (Å²) in [5.74, 6) is 0. The van der Waals surface area contributed by atoms with E-state index in [2.05, 4.69) is 78.1 Å². The van der Waals surface area contributed by atoms with Crippen LogP contribution in [0.4, 0.5) is 4.79 Å². The number of nitrogens with one attached hydrogen (secondary N) is 1. The van der Waals surface area contributed by atoms with E-state index < -0.39 is 0 Å². The number of hydrogen-bond acceptors (Lipinski definition) is 4. The monoisotopic (exact) mass is 762 g/mol. The van der Waals surface area contributed by atoms with Crippen LogP contribution in [-0.4, -0.2) is 43.2 Å². The van der Waals surface area contributed by atoms with Crippen molar-refractivity contribution in [3.8, 4) is 0 Å². The van der Waals surface area contributed by atoms with Crippen LogP contribution < -0.4 is 5.32 Å². The lowest BCUT2D eigenvalue weighted by molar-refractivity contribution is -0.0667. The van der Waals surface area contributed by atoms with Crippen molar-refractivity contribution in [2.24, 2.45) is 0 Å². The highest BCUT2D eigenvalue weighted by Gasteiger charge is 2.20. The number of ether oxygens (including phenoxy) is 3. The quantitative estimate of drug-likeness (QED) is 0.0499. The minimum absolute atomic E-state index is 0.0209. The number of alkyl carbamates (subject to hydrolysis) is 1. The third kappa shape index (κ3) is 41.8. The largest absolute Gasteiger partial charge is 0.446 e. The first-order valence-electron chi connectivity index (χ1n) is 23.6. The van der Waals surface area contributed by atoms with E-state index in [1.54, 1.807) is 0 Å². The van der Waals surface area contributed by atoms with Gasteiger partial charge in [-0.05, 0) is 105 Å². The lowest BCUT2D eigenvalue weighted by atomic mass is 10.0. The molecule has 0 aromatic rings. The molecule has 0 heterocycles. The predicted molar refractivity (Wildman–Crippen MR) is 237 cm³/mol. The summed E-state index contributed by atoms with van der Waals surface area (Å²) in [5, 5.41) is 3.00. The number of amides is 1. The van der Waals surface area contributed by atoms with E-state index in [-0.39, 0.29) is 23.4 Å². The molecule has 0 aliphatic rings. The Morgan fingerprint density at radius 2 is 0.944 bits per heavy atom. The summed E-state index contributed by atoms with van der Waals surface area (Å²) in [4.78, 5) is 12.8. The van der Waals surface area contributed by atoms with E-state index in [1.165, 1.54) is 154 Å². The molecule has 0 fully saturated rings. The van der Waals surface area contributed by atoms with E-state index in [1.807, 2.05) is 0 Å². The van der Waals surface area contributed by atoms with E-state index in [0.717, 1.165) is 44.9 Å². The molecule has 54 heavy (non-hydrogen) atoms. The molecule has 1 atom stereocenters. The SMILES string of the molecule is CCCCCC=CCC=CCCCCCCCC(CCCCCCCCCCCCCCCCCC)OC(=O)NCCCOC(C)(C)CCOC(C)(C)C. The van der Waals surface area contributed by atoms with Crippen LogP contribution in [0, 0.1) is 0 Å². The van der Waals surface area contributed by atoms with E-state index in [4.69, 9.17) is 14.2 Å². The van der Waals surface area contributed by atoms with Gasteiger partial charge >= 0.3 is 6.09 Å². The van der Waals surface area contributed by atoms with Crippen molar-refractivity contribution >= 4 is 6.09 Å². The van der Waals surface area contributed by atoms with Gasteiger partial charge < -0.3 is 19.5 Å². The Balaban J connectivity index is 4.30. The fraction of sp³-hybridized carbons (Fsp3) is 0.898. The van der Waals surface area contributed by atoms with Gasteiger partial charge in [0.2, 0.25) is 0 Å². The average Bonchev–Trinajstić information content (AvgIpc) is 3.12. The smallest absolute Gasteiger partial charge is 0.407 e. The lowest BCUT2D eigenvalue weighted by Gasteiger charge is -2.28. The number of hydrogen-bond donors (Lipinski definition) is 1. The van der Waals surface area contributed by atoms with Crippen LogP contribution in [0.1, 0.15) is 248 Å². The molecule has 320 valence electrons. The van der Waals surface area contributed by atoms with Gasteiger partial charge in [-0.25, -0.2) is 4.79 Å². The van der Waals surface area contributed by atoms with Crippen LogP contribution in [0.2, 0.25) is 0 Å². The molecule has 0 aromatic carbocycles. The summed E-state index contributed by atoms with van der Waals surface area (Å²) in [7, 11) is 0. The van der Waals surface area contributed by atoms with Gasteiger partial charge in [-0.2, -0.15) is 0 Å². The summed E-state index contributed by atoms with van der Waals surface area (Å²) in [6.07, 6.45) is 48.3. The molecule has 0 spiro atoms. The highest BCUT2D eigenvalue weighted by molar-refractivity contribution is 5.67.